The third-order valence-corrected chi connectivity index (χ3v) is 7.50. The van der Waals surface area contributed by atoms with E-state index in [4.69, 9.17) is 0 Å². The molecule has 156 valence electrons. The van der Waals surface area contributed by atoms with E-state index in [0.29, 0.717) is 22.8 Å². The maximum Gasteiger partial charge on any atom is 0.240 e. The van der Waals surface area contributed by atoms with E-state index < -0.39 is 15.8 Å². The summed E-state index contributed by atoms with van der Waals surface area (Å²) in [6, 6.07) is 9.55. The second-order valence-electron chi connectivity index (χ2n) is 6.80. The average molecular weight is 449 g/mol. The molecule has 0 saturated heterocycles. The molecule has 4 rings (SSSR count). The molecule has 2 heterocycles. The summed E-state index contributed by atoms with van der Waals surface area (Å²) in [5.74, 6) is -0.295. The van der Waals surface area contributed by atoms with E-state index in [2.05, 4.69) is 14.8 Å². The Morgan fingerprint density at radius 1 is 1.07 bits per heavy atom. The van der Waals surface area contributed by atoms with Crippen molar-refractivity contribution in [2.24, 2.45) is 0 Å². The van der Waals surface area contributed by atoms with Crippen LogP contribution in [0.2, 0.25) is 0 Å². The van der Waals surface area contributed by atoms with Gasteiger partial charge < -0.3 is 0 Å². The van der Waals surface area contributed by atoms with Gasteiger partial charge in [0.05, 0.1) is 10.6 Å². The molecule has 0 aliphatic rings. The van der Waals surface area contributed by atoms with Crippen LogP contribution in [0.4, 0.5) is 8.78 Å². The highest BCUT2D eigenvalue weighted by atomic mass is 32.2. The van der Waals surface area contributed by atoms with E-state index in [1.54, 1.807) is 23.6 Å². The van der Waals surface area contributed by atoms with Gasteiger partial charge in [0.15, 0.2) is 5.82 Å². The molecule has 2 aromatic heterocycles. The number of hydrogen-bond donors (Lipinski definition) is 1. The van der Waals surface area contributed by atoms with E-state index in [1.807, 2.05) is 6.92 Å². The number of rotatable bonds is 6. The third kappa shape index (κ3) is 3.98. The molecule has 0 amide bonds. The van der Waals surface area contributed by atoms with Gasteiger partial charge in [-0.3, -0.25) is 0 Å². The zero-order chi connectivity index (χ0) is 21.5. The summed E-state index contributed by atoms with van der Waals surface area (Å²) in [5.41, 5.74) is 1.94. The number of aromatic nitrogens is 3. The summed E-state index contributed by atoms with van der Waals surface area (Å²) >= 11 is 1.42. The van der Waals surface area contributed by atoms with Crippen molar-refractivity contribution in [2.75, 3.05) is 6.54 Å². The van der Waals surface area contributed by atoms with Crippen molar-refractivity contribution < 1.29 is 17.2 Å². The van der Waals surface area contributed by atoms with Crippen LogP contribution in [0.15, 0.2) is 47.4 Å². The maximum atomic E-state index is 13.2. The van der Waals surface area contributed by atoms with Crippen LogP contribution in [-0.2, 0) is 16.4 Å². The fourth-order valence-electron chi connectivity index (χ4n) is 3.13. The topological polar surface area (TPSA) is 76.4 Å². The van der Waals surface area contributed by atoms with E-state index >= 15 is 0 Å². The van der Waals surface area contributed by atoms with Crippen molar-refractivity contribution in [3.05, 3.63) is 70.2 Å². The van der Waals surface area contributed by atoms with Crippen molar-refractivity contribution in [3.63, 3.8) is 0 Å². The number of hydrogen-bond acceptors (Lipinski definition) is 5. The summed E-state index contributed by atoms with van der Waals surface area (Å²) < 4.78 is 55.6. The number of sulfonamides is 1. The summed E-state index contributed by atoms with van der Waals surface area (Å²) in [6.07, 6.45) is 0.465. The van der Waals surface area contributed by atoms with Crippen molar-refractivity contribution in [2.45, 2.75) is 25.2 Å². The van der Waals surface area contributed by atoms with E-state index in [9.17, 15) is 17.2 Å². The lowest BCUT2D eigenvalue weighted by Gasteiger charge is -2.09. The molecule has 0 saturated carbocycles. The number of fused-ring (bicyclic) bond motifs is 1. The molecule has 4 aromatic rings. The first-order valence-electron chi connectivity index (χ1n) is 9.11. The highest BCUT2D eigenvalue weighted by molar-refractivity contribution is 7.89. The van der Waals surface area contributed by atoms with Crippen LogP contribution in [0.25, 0.3) is 16.3 Å². The zero-order valence-corrected chi connectivity index (χ0v) is 17.8. The molecule has 0 fully saturated rings. The van der Waals surface area contributed by atoms with E-state index in [1.165, 1.54) is 35.6 Å². The standard InChI is InChI=1S/C20H18F2N4O2S2/c1-12-11-16(22)7-8-18(12)30(27,28)23-10-9-17-13(2)26-20(29-17)24-19(25-26)14-3-5-15(21)6-4-14/h3-8,11,23H,9-10H2,1-2H3. The predicted molar refractivity (Wildman–Crippen MR) is 111 cm³/mol. The van der Waals surface area contributed by atoms with Gasteiger partial charge >= 0.3 is 0 Å². The molecule has 0 unspecified atom stereocenters. The van der Waals surface area contributed by atoms with Crippen molar-refractivity contribution >= 4 is 26.3 Å². The molecular weight excluding hydrogens is 430 g/mol. The fourth-order valence-corrected chi connectivity index (χ4v) is 5.44. The number of nitrogens with one attached hydrogen (secondary N) is 1. The van der Waals surface area contributed by atoms with Crippen LogP contribution >= 0.6 is 11.3 Å². The van der Waals surface area contributed by atoms with Crippen molar-refractivity contribution in [1.29, 1.82) is 0 Å². The third-order valence-electron chi connectivity index (χ3n) is 4.69. The Morgan fingerprint density at radius 2 is 1.77 bits per heavy atom. The Kier molecular flexibility index (Phi) is 5.39. The molecule has 30 heavy (non-hydrogen) atoms. The lowest BCUT2D eigenvalue weighted by Crippen LogP contribution is -2.26. The lowest BCUT2D eigenvalue weighted by atomic mass is 10.2. The zero-order valence-electron chi connectivity index (χ0n) is 16.2. The van der Waals surface area contributed by atoms with Crippen LogP contribution in [0.3, 0.4) is 0 Å². The lowest BCUT2D eigenvalue weighted by molar-refractivity contribution is 0.580. The second kappa shape index (κ2) is 7.86. The molecule has 10 heteroatoms. The average Bonchev–Trinajstić information content (AvgIpc) is 3.22. The first-order valence-corrected chi connectivity index (χ1v) is 11.4. The van der Waals surface area contributed by atoms with Gasteiger partial charge in [0.1, 0.15) is 11.6 Å². The monoisotopic (exact) mass is 448 g/mol. The quantitative estimate of drug-likeness (QED) is 0.486. The summed E-state index contributed by atoms with van der Waals surface area (Å²) in [6.45, 7) is 3.63. The van der Waals surface area contributed by atoms with Crippen LogP contribution in [0.1, 0.15) is 16.1 Å². The molecule has 6 nitrogen and oxygen atoms in total. The van der Waals surface area contributed by atoms with Crippen LogP contribution in [-0.4, -0.2) is 29.6 Å². The molecule has 0 atom stereocenters. The molecular formula is C20H18F2N4O2S2. The van der Waals surface area contributed by atoms with Gasteiger partial charge in [-0.2, -0.15) is 4.98 Å². The Balaban J connectivity index is 1.48. The largest absolute Gasteiger partial charge is 0.240 e. The van der Waals surface area contributed by atoms with Gasteiger partial charge in [0, 0.05) is 17.0 Å². The number of aryl methyl sites for hydroxylation is 2. The molecule has 0 spiro atoms. The van der Waals surface area contributed by atoms with Gasteiger partial charge in [-0.1, -0.05) is 11.3 Å². The maximum absolute atomic E-state index is 13.2. The number of nitrogens with zero attached hydrogens (tertiary/aromatic N) is 3. The number of benzene rings is 2. The van der Waals surface area contributed by atoms with E-state index in [-0.39, 0.29) is 17.3 Å². The smallest absolute Gasteiger partial charge is 0.211 e. The Labute approximate surface area is 176 Å². The molecule has 1 N–H and O–H groups in total. The van der Waals surface area contributed by atoms with Crippen LogP contribution in [0, 0.1) is 25.5 Å². The van der Waals surface area contributed by atoms with Crippen molar-refractivity contribution in [1.82, 2.24) is 19.3 Å². The number of halogens is 2. The van der Waals surface area contributed by atoms with E-state index in [0.717, 1.165) is 22.2 Å². The van der Waals surface area contributed by atoms with Gasteiger partial charge in [-0.05, 0) is 68.3 Å². The summed E-state index contributed by atoms with van der Waals surface area (Å²) in [4.78, 5) is 6.19. The molecule has 0 aliphatic carbocycles. The summed E-state index contributed by atoms with van der Waals surface area (Å²) in [5, 5.41) is 4.48. The van der Waals surface area contributed by atoms with Crippen molar-refractivity contribution in [3.8, 4) is 11.4 Å². The van der Waals surface area contributed by atoms with Gasteiger partial charge in [0.2, 0.25) is 15.0 Å². The normalized spacial score (nSPS) is 12.0. The molecule has 0 bridgehead atoms. The SMILES string of the molecule is Cc1cc(F)ccc1S(=O)(=O)NCCc1sc2nc(-c3ccc(F)cc3)nn2c1C. The Morgan fingerprint density at radius 3 is 2.43 bits per heavy atom. The fraction of sp³-hybridized carbons (Fsp3) is 0.200. The minimum absolute atomic E-state index is 0.0622. The molecule has 0 radical (unpaired) electrons. The number of thiazole rings is 1. The van der Waals surface area contributed by atoms with Gasteiger partial charge in [-0.15, -0.1) is 5.10 Å². The summed E-state index contributed by atoms with van der Waals surface area (Å²) in [7, 11) is -3.73. The van der Waals surface area contributed by atoms with Crippen LogP contribution in [0.5, 0.6) is 0 Å². The highest BCUT2D eigenvalue weighted by Gasteiger charge is 2.18. The first kappa shape index (κ1) is 20.6. The highest BCUT2D eigenvalue weighted by Crippen LogP contribution is 2.25. The predicted octanol–water partition coefficient (Wildman–Crippen LogP) is 3.87. The molecule has 0 aliphatic heterocycles. The van der Waals surface area contributed by atoms with Gasteiger partial charge in [0.25, 0.3) is 0 Å². The van der Waals surface area contributed by atoms with Crippen LogP contribution < -0.4 is 4.72 Å². The Hall–Kier alpha value is -2.69. The molecule has 2 aromatic carbocycles. The first-order chi connectivity index (χ1) is 14.2. The minimum Gasteiger partial charge on any atom is -0.211 e. The minimum atomic E-state index is -3.73. The second-order valence-corrected chi connectivity index (χ2v) is 9.60. The Bertz CT molecular complexity index is 1330. The van der Waals surface area contributed by atoms with Gasteiger partial charge in [-0.25, -0.2) is 26.4 Å².